The monoisotopic (exact) mass is 353 g/mol. The molecule has 0 saturated carbocycles. The Bertz CT molecular complexity index is 966. The molecule has 0 aromatic carbocycles. The summed E-state index contributed by atoms with van der Waals surface area (Å²) in [4.78, 5) is 13.4. The maximum atomic E-state index is 4.66. The van der Waals surface area contributed by atoms with Gasteiger partial charge in [-0.25, -0.2) is 9.97 Å². The van der Waals surface area contributed by atoms with Crippen LogP contribution in [-0.2, 0) is 7.05 Å². The minimum absolute atomic E-state index is 0.621. The third-order valence-electron chi connectivity index (χ3n) is 3.55. The van der Waals surface area contributed by atoms with Gasteiger partial charge in [-0.3, -0.25) is 9.67 Å². The van der Waals surface area contributed by atoms with Gasteiger partial charge >= 0.3 is 0 Å². The molecule has 4 aromatic heterocycles. The zero-order chi connectivity index (χ0) is 17.1. The molecule has 0 unspecified atom stereocenters. The van der Waals surface area contributed by atoms with E-state index < -0.39 is 0 Å². The van der Waals surface area contributed by atoms with Crippen LogP contribution in [-0.4, -0.2) is 52.4 Å². The lowest BCUT2D eigenvalue weighted by Gasteiger charge is -2.08. The summed E-state index contributed by atoms with van der Waals surface area (Å²) in [5.41, 5.74) is 1.64. The van der Waals surface area contributed by atoms with Gasteiger partial charge < -0.3 is 5.32 Å². The largest absolute Gasteiger partial charge is 0.368 e. The highest BCUT2D eigenvalue weighted by Gasteiger charge is 2.12. The molecule has 0 aliphatic heterocycles. The molecule has 0 amide bonds. The maximum absolute atomic E-state index is 4.66. The van der Waals surface area contributed by atoms with E-state index in [0.29, 0.717) is 5.82 Å². The van der Waals surface area contributed by atoms with Gasteiger partial charge in [-0.1, -0.05) is 0 Å². The first-order chi connectivity index (χ1) is 12.3. The highest BCUT2D eigenvalue weighted by atomic mass is 32.2. The molecule has 4 aromatic rings. The van der Waals surface area contributed by atoms with Crippen molar-refractivity contribution < 1.29 is 0 Å². The number of anilines is 1. The summed E-state index contributed by atoms with van der Waals surface area (Å²) in [6, 6.07) is 3.81. The summed E-state index contributed by atoms with van der Waals surface area (Å²) < 4.78 is 1.74. The summed E-state index contributed by atoms with van der Waals surface area (Å²) in [7, 11) is 1.87. The molecule has 4 rings (SSSR count). The number of aromatic nitrogens is 8. The van der Waals surface area contributed by atoms with Crippen LogP contribution in [0.2, 0.25) is 0 Å². The number of fused-ring (bicyclic) bond motifs is 1. The van der Waals surface area contributed by atoms with Crippen molar-refractivity contribution in [1.82, 2.24) is 40.1 Å². The number of thioether (sulfide) groups is 1. The number of nitrogens with zero attached hydrogens (tertiary/aromatic N) is 7. The van der Waals surface area contributed by atoms with E-state index in [9.17, 15) is 0 Å². The van der Waals surface area contributed by atoms with Gasteiger partial charge in [0.25, 0.3) is 0 Å². The number of pyridine rings is 1. The van der Waals surface area contributed by atoms with Gasteiger partial charge in [0.15, 0.2) is 11.5 Å². The Balaban J connectivity index is 1.58. The zero-order valence-corrected chi connectivity index (χ0v) is 14.2. The van der Waals surface area contributed by atoms with Crippen molar-refractivity contribution in [3.8, 4) is 11.4 Å². The Morgan fingerprint density at radius 1 is 1.24 bits per heavy atom. The van der Waals surface area contributed by atoms with Gasteiger partial charge in [0.1, 0.15) is 10.8 Å². The number of H-pyrrole nitrogens is 1. The van der Waals surface area contributed by atoms with E-state index in [0.717, 1.165) is 39.7 Å². The summed E-state index contributed by atoms with van der Waals surface area (Å²) in [6.45, 7) is 0.727. The lowest BCUT2D eigenvalue weighted by Crippen LogP contribution is -2.08. The molecule has 9 nitrogen and oxygen atoms in total. The molecule has 10 heteroatoms. The second kappa shape index (κ2) is 6.85. The van der Waals surface area contributed by atoms with Gasteiger partial charge in [-0.15, -0.1) is 16.9 Å². The molecule has 0 fully saturated rings. The lowest BCUT2D eigenvalue weighted by molar-refractivity contribution is 0.786. The standard InChI is InChI=1S/C15H15N9S/c1-24-15-11(8-19-24)14(17-5-6-25-12-9-18-23-22-12)20-13(21-15)10-3-2-4-16-7-10/h2-4,7-9H,5-6H2,1H3,(H,17,20,21)(H,18,22,23). The number of aryl methyl sites for hydroxylation is 1. The van der Waals surface area contributed by atoms with Crippen LogP contribution in [0.5, 0.6) is 0 Å². The fraction of sp³-hybridized carbons (Fsp3) is 0.200. The summed E-state index contributed by atoms with van der Waals surface area (Å²) in [5, 5.41) is 19.8. The number of hydrogen-bond acceptors (Lipinski definition) is 8. The summed E-state index contributed by atoms with van der Waals surface area (Å²) in [6.07, 6.45) is 6.96. The molecule has 0 radical (unpaired) electrons. The van der Waals surface area contributed by atoms with Crippen LogP contribution in [0.25, 0.3) is 22.4 Å². The molecule has 2 N–H and O–H groups in total. The average molecular weight is 353 g/mol. The molecule has 4 heterocycles. The third-order valence-corrected chi connectivity index (χ3v) is 4.45. The van der Waals surface area contributed by atoms with Crippen molar-refractivity contribution in [3.05, 3.63) is 36.9 Å². The molecule has 0 spiro atoms. The normalized spacial score (nSPS) is 11.1. The maximum Gasteiger partial charge on any atom is 0.165 e. The van der Waals surface area contributed by atoms with E-state index in [-0.39, 0.29) is 0 Å². The third kappa shape index (κ3) is 3.29. The van der Waals surface area contributed by atoms with Gasteiger partial charge in [0, 0.05) is 37.3 Å². The van der Waals surface area contributed by atoms with Crippen LogP contribution < -0.4 is 5.32 Å². The Hall–Kier alpha value is -3.01. The van der Waals surface area contributed by atoms with Gasteiger partial charge in [-0.2, -0.15) is 15.4 Å². The number of hydrogen-bond donors (Lipinski definition) is 2. The first-order valence-electron chi connectivity index (χ1n) is 7.64. The Morgan fingerprint density at radius 2 is 2.20 bits per heavy atom. The van der Waals surface area contributed by atoms with Crippen molar-refractivity contribution in [1.29, 1.82) is 0 Å². The van der Waals surface area contributed by atoms with Gasteiger partial charge in [0.05, 0.1) is 17.8 Å². The van der Waals surface area contributed by atoms with Crippen LogP contribution in [0.15, 0.2) is 41.9 Å². The Morgan fingerprint density at radius 3 is 3.00 bits per heavy atom. The van der Waals surface area contributed by atoms with E-state index in [1.54, 1.807) is 41.2 Å². The number of nitrogens with one attached hydrogen (secondary N) is 2. The first-order valence-corrected chi connectivity index (χ1v) is 8.62. The topological polar surface area (TPSA) is 110 Å². The van der Waals surface area contributed by atoms with Crippen molar-refractivity contribution in [3.63, 3.8) is 0 Å². The van der Waals surface area contributed by atoms with Crippen molar-refractivity contribution in [2.45, 2.75) is 5.03 Å². The van der Waals surface area contributed by atoms with Crippen LogP contribution in [0.3, 0.4) is 0 Å². The first kappa shape index (κ1) is 15.5. The van der Waals surface area contributed by atoms with Crippen LogP contribution in [0.1, 0.15) is 0 Å². The molecular formula is C15H15N9S. The fourth-order valence-electron chi connectivity index (χ4n) is 2.37. The predicted molar refractivity (Wildman–Crippen MR) is 95.1 cm³/mol. The van der Waals surface area contributed by atoms with Crippen molar-refractivity contribution in [2.24, 2.45) is 7.05 Å². The minimum Gasteiger partial charge on any atom is -0.368 e. The van der Waals surface area contributed by atoms with Crippen LogP contribution in [0.4, 0.5) is 5.82 Å². The van der Waals surface area contributed by atoms with E-state index >= 15 is 0 Å². The predicted octanol–water partition coefficient (Wildman–Crippen LogP) is 1.75. The van der Waals surface area contributed by atoms with Gasteiger partial charge in [0.2, 0.25) is 0 Å². The Labute approximate surface area is 147 Å². The molecule has 0 atom stereocenters. The number of aromatic amines is 1. The zero-order valence-electron chi connectivity index (χ0n) is 13.4. The van der Waals surface area contributed by atoms with E-state index in [4.69, 9.17) is 0 Å². The van der Waals surface area contributed by atoms with E-state index in [1.165, 1.54) is 0 Å². The molecule has 0 aliphatic carbocycles. The Kier molecular flexibility index (Phi) is 4.25. The van der Waals surface area contributed by atoms with Gasteiger partial charge in [-0.05, 0) is 12.1 Å². The average Bonchev–Trinajstić information content (AvgIpc) is 3.30. The second-order valence-electron chi connectivity index (χ2n) is 5.23. The number of rotatable bonds is 6. The highest BCUT2D eigenvalue weighted by Crippen LogP contribution is 2.24. The fourth-order valence-corrected chi connectivity index (χ4v) is 3.01. The van der Waals surface area contributed by atoms with Crippen LogP contribution in [0, 0.1) is 0 Å². The summed E-state index contributed by atoms with van der Waals surface area (Å²) in [5.74, 6) is 2.22. The molecule has 126 valence electrons. The minimum atomic E-state index is 0.621. The smallest absolute Gasteiger partial charge is 0.165 e. The second-order valence-corrected chi connectivity index (χ2v) is 6.34. The molecule has 0 bridgehead atoms. The highest BCUT2D eigenvalue weighted by molar-refractivity contribution is 7.99. The quantitative estimate of drug-likeness (QED) is 0.398. The van der Waals surface area contributed by atoms with Crippen LogP contribution >= 0.6 is 11.8 Å². The van der Waals surface area contributed by atoms with E-state index in [1.807, 2.05) is 19.2 Å². The molecular weight excluding hydrogens is 338 g/mol. The SMILES string of the molecule is Cn1ncc2c(NCCSc3cn[nH]n3)nc(-c3cccnc3)nc21. The molecule has 0 saturated heterocycles. The van der Waals surface area contributed by atoms with E-state index in [2.05, 4.69) is 40.8 Å². The summed E-state index contributed by atoms with van der Waals surface area (Å²) >= 11 is 1.62. The lowest BCUT2D eigenvalue weighted by atomic mass is 10.2. The molecule has 0 aliphatic rings. The molecule has 25 heavy (non-hydrogen) atoms. The van der Waals surface area contributed by atoms with Crippen molar-refractivity contribution in [2.75, 3.05) is 17.6 Å². The van der Waals surface area contributed by atoms with Crippen molar-refractivity contribution >= 4 is 28.6 Å².